The Morgan fingerprint density at radius 2 is 1.74 bits per heavy atom. The number of hydrogen-bond acceptors (Lipinski definition) is 7. The fourth-order valence-electron chi connectivity index (χ4n) is 3.78. The van der Waals surface area contributed by atoms with Crippen molar-refractivity contribution < 1.29 is 22.1 Å². The number of ether oxygens (including phenoxy) is 1. The minimum Gasteiger partial charge on any atom is -0.494 e. The maximum absolute atomic E-state index is 12.9. The summed E-state index contributed by atoms with van der Waals surface area (Å²) in [5, 5.41) is 5.81. The van der Waals surface area contributed by atoms with E-state index in [0.29, 0.717) is 51.0 Å². The Hall–Kier alpha value is -4.08. The third-order valence-electron chi connectivity index (χ3n) is 5.94. The van der Waals surface area contributed by atoms with Crippen molar-refractivity contribution in [1.29, 1.82) is 0 Å². The topological polar surface area (TPSA) is 107 Å². The predicted octanol–water partition coefficient (Wildman–Crippen LogP) is 6.79. The van der Waals surface area contributed by atoms with Crippen molar-refractivity contribution in [2.24, 2.45) is 4.99 Å². The number of hydrogen-bond donors (Lipinski definition) is 1. The zero-order chi connectivity index (χ0) is 26.9. The number of anilines is 1. The van der Waals surface area contributed by atoms with Crippen LogP contribution in [0, 0.1) is 13.8 Å². The Bertz CT molecular complexity index is 1790. The molecule has 0 saturated heterocycles. The van der Waals surface area contributed by atoms with Crippen LogP contribution >= 0.6 is 11.6 Å². The van der Waals surface area contributed by atoms with Gasteiger partial charge >= 0.3 is 0 Å². The molecule has 2 aromatic heterocycles. The maximum Gasteiger partial charge on any atom is 0.264 e. The number of rotatable bonds is 7. The first-order valence-corrected chi connectivity index (χ1v) is 13.7. The van der Waals surface area contributed by atoms with Crippen LogP contribution in [-0.4, -0.2) is 20.2 Å². The van der Waals surface area contributed by atoms with E-state index in [1.54, 1.807) is 38.1 Å². The van der Waals surface area contributed by atoms with E-state index in [1.807, 2.05) is 43.3 Å². The Labute approximate surface area is 224 Å². The second kappa shape index (κ2) is 10.4. The highest BCUT2D eigenvalue weighted by molar-refractivity contribution is 7.92. The SMILES string of the molecule is CCOc1ccc2oc(-c3ccc(Cl)cc3)cc(=Nc3ccc(S(=O)(=O)Nc4onc(C)c4C)cc3)c2c1. The van der Waals surface area contributed by atoms with Gasteiger partial charge in [0.2, 0.25) is 5.88 Å². The number of nitrogens with zero attached hydrogens (tertiary/aromatic N) is 2. The first-order chi connectivity index (χ1) is 18.2. The zero-order valence-electron chi connectivity index (χ0n) is 20.9. The standard InChI is InChI=1S/C28H24ClN3O5S/c1-4-35-22-11-14-26-24(15-22)25(16-27(36-26)19-5-7-20(29)8-6-19)30-21-9-12-23(13-10-21)38(33,34)32-28-17(2)18(3)31-37-28/h5-16,32H,4H2,1-3H3. The van der Waals surface area contributed by atoms with Gasteiger partial charge in [0.05, 0.1) is 28.2 Å². The molecule has 0 spiro atoms. The van der Waals surface area contributed by atoms with Crippen LogP contribution in [0.15, 0.2) is 91.6 Å². The normalized spacial score (nSPS) is 12.2. The van der Waals surface area contributed by atoms with Gasteiger partial charge in [-0.3, -0.25) is 0 Å². The van der Waals surface area contributed by atoms with Crippen LogP contribution < -0.4 is 14.8 Å². The number of aromatic nitrogens is 1. The molecule has 0 bridgehead atoms. The van der Waals surface area contributed by atoms with Crippen LogP contribution in [0.3, 0.4) is 0 Å². The number of aryl methyl sites for hydroxylation is 1. The van der Waals surface area contributed by atoms with Crippen molar-refractivity contribution in [3.8, 4) is 17.1 Å². The second-order valence-corrected chi connectivity index (χ2v) is 10.6. The van der Waals surface area contributed by atoms with Crippen LogP contribution in [0.4, 0.5) is 11.6 Å². The van der Waals surface area contributed by atoms with Gasteiger partial charge in [-0.1, -0.05) is 16.8 Å². The average Bonchev–Trinajstić information content (AvgIpc) is 3.21. The molecule has 0 radical (unpaired) electrons. The molecular formula is C28H24ClN3O5S. The zero-order valence-corrected chi connectivity index (χ0v) is 22.4. The summed E-state index contributed by atoms with van der Waals surface area (Å²) in [4.78, 5) is 4.88. The van der Waals surface area contributed by atoms with E-state index in [0.717, 1.165) is 10.9 Å². The summed E-state index contributed by atoms with van der Waals surface area (Å²) in [7, 11) is -3.87. The lowest BCUT2D eigenvalue weighted by Crippen LogP contribution is -2.13. The molecule has 194 valence electrons. The van der Waals surface area contributed by atoms with E-state index in [4.69, 9.17) is 30.3 Å². The van der Waals surface area contributed by atoms with Gasteiger partial charge in [0.25, 0.3) is 10.0 Å². The third-order valence-corrected chi connectivity index (χ3v) is 7.53. The minimum absolute atomic E-state index is 0.0679. The van der Waals surface area contributed by atoms with E-state index in [2.05, 4.69) is 9.88 Å². The Morgan fingerprint density at radius 3 is 2.39 bits per heavy atom. The van der Waals surface area contributed by atoms with Gasteiger partial charge in [0.1, 0.15) is 17.1 Å². The molecule has 3 aromatic carbocycles. The molecule has 2 heterocycles. The molecule has 1 N–H and O–H groups in total. The Balaban J connectivity index is 1.56. The van der Waals surface area contributed by atoms with Crippen LogP contribution in [0.1, 0.15) is 18.2 Å². The van der Waals surface area contributed by atoms with Crippen molar-refractivity contribution in [3.05, 3.63) is 94.4 Å². The molecule has 8 nitrogen and oxygen atoms in total. The number of halogens is 1. The van der Waals surface area contributed by atoms with E-state index in [-0.39, 0.29) is 10.8 Å². The monoisotopic (exact) mass is 549 g/mol. The molecule has 0 aliphatic heterocycles. The predicted molar refractivity (Wildman–Crippen MR) is 146 cm³/mol. The van der Waals surface area contributed by atoms with Crippen molar-refractivity contribution in [2.45, 2.75) is 25.7 Å². The summed E-state index contributed by atoms with van der Waals surface area (Å²) in [6, 6.07) is 21.0. The highest BCUT2D eigenvalue weighted by atomic mass is 35.5. The minimum atomic E-state index is -3.87. The van der Waals surface area contributed by atoms with Crippen LogP contribution in [-0.2, 0) is 10.0 Å². The molecule has 0 saturated carbocycles. The van der Waals surface area contributed by atoms with E-state index in [9.17, 15) is 8.42 Å². The van der Waals surface area contributed by atoms with Crippen LogP contribution in [0.25, 0.3) is 22.3 Å². The molecule has 5 rings (SSSR count). The van der Waals surface area contributed by atoms with Crippen molar-refractivity contribution in [3.63, 3.8) is 0 Å². The average molecular weight is 550 g/mol. The smallest absolute Gasteiger partial charge is 0.264 e. The van der Waals surface area contributed by atoms with Crippen molar-refractivity contribution in [2.75, 3.05) is 11.3 Å². The van der Waals surface area contributed by atoms with E-state index >= 15 is 0 Å². The van der Waals surface area contributed by atoms with Gasteiger partial charge in [0, 0.05) is 27.6 Å². The molecule has 0 fully saturated rings. The summed E-state index contributed by atoms with van der Waals surface area (Å²) in [5.74, 6) is 1.39. The van der Waals surface area contributed by atoms with Gasteiger partial charge in [0.15, 0.2) is 0 Å². The number of nitrogens with one attached hydrogen (secondary N) is 1. The fourth-order valence-corrected chi connectivity index (χ4v) is 4.96. The third kappa shape index (κ3) is 5.29. The highest BCUT2D eigenvalue weighted by Gasteiger charge is 2.19. The molecule has 38 heavy (non-hydrogen) atoms. The van der Waals surface area contributed by atoms with Gasteiger partial charge in [-0.25, -0.2) is 18.1 Å². The number of sulfonamides is 1. The van der Waals surface area contributed by atoms with Crippen molar-refractivity contribution >= 4 is 44.2 Å². The first-order valence-electron chi connectivity index (χ1n) is 11.8. The molecule has 10 heteroatoms. The largest absolute Gasteiger partial charge is 0.494 e. The number of benzene rings is 3. The molecule has 0 aliphatic rings. The van der Waals surface area contributed by atoms with Gasteiger partial charge in [-0.2, -0.15) is 0 Å². The maximum atomic E-state index is 12.9. The molecule has 0 unspecified atom stereocenters. The Morgan fingerprint density at radius 1 is 1.00 bits per heavy atom. The highest BCUT2D eigenvalue weighted by Crippen LogP contribution is 2.27. The van der Waals surface area contributed by atoms with E-state index < -0.39 is 10.0 Å². The lowest BCUT2D eigenvalue weighted by atomic mass is 10.1. The van der Waals surface area contributed by atoms with Crippen LogP contribution in [0.2, 0.25) is 5.02 Å². The summed E-state index contributed by atoms with van der Waals surface area (Å²) in [5.41, 5.74) is 3.27. The summed E-state index contributed by atoms with van der Waals surface area (Å²) in [6.45, 7) is 5.91. The fraction of sp³-hybridized carbons (Fsp3) is 0.143. The molecule has 0 amide bonds. The van der Waals surface area contributed by atoms with Crippen LogP contribution in [0.5, 0.6) is 5.75 Å². The number of fused-ring (bicyclic) bond motifs is 1. The second-order valence-electron chi connectivity index (χ2n) is 8.53. The van der Waals surface area contributed by atoms with Gasteiger partial charge in [-0.15, -0.1) is 0 Å². The quantitative estimate of drug-likeness (QED) is 0.239. The molecule has 0 atom stereocenters. The summed E-state index contributed by atoms with van der Waals surface area (Å²) < 4.78 is 45.1. The lowest BCUT2D eigenvalue weighted by Gasteiger charge is -2.08. The Kier molecular flexibility index (Phi) is 6.96. The van der Waals surface area contributed by atoms with Crippen molar-refractivity contribution in [1.82, 2.24) is 5.16 Å². The molecule has 5 aromatic rings. The molecule has 0 aliphatic carbocycles. The summed E-state index contributed by atoms with van der Waals surface area (Å²) in [6.07, 6.45) is 0. The first kappa shape index (κ1) is 25.6. The summed E-state index contributed by atoms with van der Waals surface area (Å²) >= 11 is 6.06. The van der Waals surface area contributed by atoms with E-state index in [1.165, 1.54) is 12.1 Å². The van der Waals surface area contributed by atoms with Gasteiger partial charge in [-0.05, 0) is 87.5 Å². The molecular weight excluding hydrogens is 526 g/mol. The van der Waals surface area contributed by atoms with Gasteiger partial charge < -0.3 is 13.7 Å². The lowest BCUT2D eigenvalue weighted by molar-refractivity contribution is 0.340.